The Morgan fingerprint density at radius 2 is 2.19 bits per heavy atom. The number of ether oxygens (including phenoxy) is 2. The van der Waals surface area contributed by atoms with Crippen LogP contribution in [0.2, 0.25) is 0 Å². The third kappa shape index (κ3) is 2.19. The second-order valence-electron chi connectivity index (χ2n) is 10.5. The van der Waals surface area contributed by atoms with Gasteiger partial charge in [0.2, 0.25) is 0 Å². The summed E-state index contributed by atoms with van der Waals surface area (Å²) < 4.78 is 12.2. The summed E-state index contributed by atoms with van der Waals surface area (Å²) in [4.78, 5) is 16.0. The maximum Gasteiger partial charge on any atom is 0.259 e. The Hall–Kier alpha value is -2.01. The topological polar surface area (TPSA) is 74.6 Å². The zero-order chi connectivity index (χ0) is 21.8. The fraction of sp³-hybridized carbons (Fsp3) is 0.625. The fourth-order valence-electron chi connectivity index (χ4n) is 7.74. The molecule has 4 bridgehead atoms. The minimum absolute atomic E-state index is 0.0190. The Kier molecular flexibility index (Phi) is 3.84. The van der Waals surface area contributed by atoms with Gasteiger partial charge in [0.05, 0.1) is 36.5 Å². The number of fused-ring (bicyclic) bond motifs is 5. The van der Waals surface area contributed by atoms with Crippen molar-refractivity contribution < 1.29 is 14.3 Å². The molecule has 0 radical (unpaired) electrons. The number of methoxy groups -OCH3 is 1. The monoisotopic (exact) mass is 437 g/mol. The van der Waals surface area contributed by atoms with Crippen molar-refractivity contribution in [2.75, 3.05) is 20.3 Å². The Morgan fingerprint density at radius 1 is 1.39 bits per heavy atom. The van der Waals surface area contributed by atoms with Gasteiger partial charge < -0.3 is 14.8 Å². The van der Waals surface area contributed by atoms with E-state index >= 15 is 0 Å². The van der Waals surface area contributed by atoms with E-state index in [1.54, 1.807) is 4.90 Å². The van der Waals surface area contributed by atoms with Crippen molar-refractivity contribution in [1.82, 2.24) is 10.2 Å². The largest absolute Gasteiger partial charge is 0.381 e. The molecular weight excluding hydrogens is 410 g/mol. The predicted molar refractivity (Wildman–Crippen MR) is 117 cm³/mol. The maximum atomic E-state index is 14.3. The van der Waals surface area contributed by atoms with Gasteiger partial charge in [-0.25, -0.2) is 0 Å². The van der Waals surface area contributed by atoms with Gasteiger partial charge in [-0.05, 0) is 73.5 Å². The van der Waals surface area contributed by atoms with Gasteiger partial charge in [0.1, 0.15) is 0 Å². The number of benzene rings is 1. The van der Waals surface area contributed by atoms with Crippen LogP contribution in [0.3, 0.4) is 0 Å². The standard InChI is InChI=1S/C24H27N3O3S/c1-13-7-23-8-15-5-4-14(10-25)6-17(15)24(23)20(28)27(21(31)26-24)12-22(2)18(11-30-22)16(9-23)19(13)29-3/h4-6,13,16,18-19H,7-9,11-12H2,1-3H3,(H,26,31)/t13-,16-,18?,19+,22-,23-,24+/m0/s1. The van der Waals surface area contributed by atoms with E-state index in [2.05, 4.69) is 25.2 Å². The number of carbonyl (C=O) groups excluding carboxylic acids is 1. The van der Waals surface area contributed by atoms with E-state index in [-0.39, 0.29) is 17.4 Å². The number of nitriles is 1. The SMILES string of the molecule is CO[C@@H]1[C@@H](C)C[C@@]23Cc4ccc(C#N)cc4[C@]24NC(=S)N(C[C@]2(C)OCC2[C@@H]1C3)C4=O. The number of amides is 1. The molecule has 1 N–H and O–H groups in total. The number of thiocarbonyl (C=S) groups is 1. The third-order valence-electron chi connectivity index (χ3n) is 9.03. The predicted octanol–water partition coefficient (Wildman–Crippen LogP) is 2.49. The summed E-state index contributed by atoms with van der Waals surface area (Å²) in [7, 11) is 1.81. The Bertz CT molecular complexity index is 1070. The molecule has 6 nitrogen and oxygen atoms in total. The molecule has 1 unspecified atom stereocenters. The first-order valence-electron chi connectivity index (χ1n) is 11.1. The van der Waals surface area contributed by atoms with Crippen LogP contribution in [0.5, 0.6) is 0 Å². The number of hydrogen-bond acceptors (Lipinski definition) is 5. The summed E-state index contributed by atoms with van der Waals surface area (Å²) >= 11 is 5.74. The molecule has 2 aliphatic carbocycles. The van der Waals surface area contributed by atoms with Crippen molar-refractivity contribution in [3.63, 3.8) is 0 Å². The van der Waals surface area contributed by atoms with Crippen LogP contribution in [-0.4, -0.2) is 47.9 Å². The highest BCUT2D eigenvalue weighted by Gasteiger charge is 2.72. The summed E-state index contributed by atoms with van der Waals surface area (Å²) in [5.41, 5.74) is 1.01. The van der Waals surface area contributed by atoms with Crippen LogP contribution < -0.4 is 5.32 Å². The first kappa shape index (κ1) is 19.7. The molecule has 1 aromatic rings. The number of rotatable bonds is 1. The van der Waals surface area contributed by atoms with E-state index in [1.165, 1.54) is 0 Å². The first-order valence-corrected chi connectivity index (χ1v) is 11.5. The van der Waals surface area contributed by atoms with E-state index in [1.807, 2.05) is 25.3 Å². The average Bonchev–Trinajstić information content (AvgIpc) is 3.13. The normalized spacial score (nSPS) is 44.6. The van der Waals surface area contributed by atoms with Gasteiger partial charge in [-0.2, -0.15) is 5.26 Å². The quantitative estimate of drug-likeness (QED) is 0.681. The lowest BCUT2D eigenvalue weighted by Crippen LogP contribution is -2.65. The Balaban J connectivity index is 1.62. The van der Waals surface area contributed by atoms with E-state index in [0.717, 1.165) is 30.4 Å². The zero-order valence-electron chi connectivity index (χ0n) is 18.1. The summed E-state index contributed by atoms with van der Waals surface area (Å²) in [5.74, 6) is 0.941. The van der Waals surface area contributed by atoms with Gasteiger partial charge in [0, 0.05) is 18.4 Å². The van der Waals surface area contributed by atoms with Crippen LogP contribution in [0.4, 0.5) is 0 Å². The van der Waals surface area contributed by atoms with Crippen molar-refractivity contribution in [2.24, 2.45) is 23.2 Å². The number of hydrogen-bond donors (Lipinski definition) is 1. The van der Waals surface area contributed by atoms with Crippen molar-refractivity contribution >= 4 is 23.2 Å². The van der Waals surface area contributed by atoms with Gasteiger partial charge in [-0.15, -0.1) is 0 Å². The molecule has 1 aromatic carbocycles. The molecule has 7 atom stereocenters. The van der Waals surface area contributed by atoms with Gasteiger partial charge in [-0.3, -0.25) is 9.69 Å². The van der Waals surface area contributed by atoms with Crippen molar-refractivity contribution in [3.8, 4) is 6.07 Å². The molecule has 31 heavy (non-hydrogen) atoms. The highest BCUT2D eigenvalue weighted by Crippen LogP contribution is 2.65. The number of nitrogens with zero attached hydrogens (tertiary/aromatic N) is 2. The lowest BCUT2D eigenvalue weighted by molar-refractivity contribution is -0.241. The highest BCUT2D eigenvalue weighted by atomic mass is 32.1. The lowest BCUT2D eigenvalue weighted by Gasteiger charge is -2.58. The Labute approximate surface area is 187 Å². The van der Waals surface area contributed by atoms with E-state index in [4.69, 9.17) is 21.7 Å². The summed E-state index contributed by atoms with van der Waals surface area (Å²) in [6.07, 6.45) is 2.71. The molecule has 2 spiro atoms. The van der Waals surface area contributed by atoms with E-state index < -0.39 is 11.1 Å². The summed E-state index contributed by atoms with van der Waals surface area (Å²) in [6, 6.07) is 8.07. The molecule has 1 amide bonds. The van der Waals surface area contributed by atoms with Crippen LogP contribution >= 0.6 is 12.2 Å². The van der Waals surface area contributed by atoms with Crippen LogP contribution in [0.1, 0.15) is 43.4 Å². The third-order valence-corrected chi connectivity index (χ3v) is 9.36. The molecule has 162 valence electrons. The van der Waals surface area contributed by atoms with Gasteiger partial charge in [-0.1, -0.05) is 13.0 Å². The van der Waals surface area contributed by atoms with Gasteiger partial charge in [0.25, 0.3) is 5.91 Å². The molecule has 4 fully saturated rings. The number of carbonyl (C=O) groups is 1. The van der Waals surface area contributed by atoms with Crippen molar-refractivity contribution in [3.05, 3.63) is 34.9 Å². The zero-order valence-corrected chi connectivity index (χ0v) is 18.9. The minimum atomic E-state index is -0.919. The second-order valence-corrected chi connectivity index (χ2v) is 10.9. The van der Waals surface area contributed by atoms with Crippen LogP contribution in [0, 0.1) is 34.5 Å². The van der Waals surface area contributed by atoms with Gasteiger partial charge in [0.15, 0.2) is 10.7 Å². The van der Waals surface area contributed by atoms with Crippen molar-refractivity contribution in [2.45, 2.75) is 50.4 Å². The molecule has 3 heterocycles. The molecule has 6 rings (SSSR count). The number of nitrogens with one attached hydrogen (secondary N) is 1. The molecule has 0 aromatic heterocycles. The van der Waals surface area contributed by atoms with Crippen LogP contribution in [0.25, 0.3) is 0 Å². The molecule has 7 heteroatoms. The van der Waals surface area contributed by atoms with E-state index in [9.17, 15) is 10.1 Å². The summed E-state index contributed by atoms with van der Waals surface area (Å²) in [5, 5.41) is 13.6. The molecular formula is C24H27N3O3S. The lowest BCUT2D eigenvalue weighted by atomic mass is 9.53. The molecule has 3 saturated heterocycles. The van der Waals surface area contributed by atoms with Crippen molar-refractivity contribution in [1.29, 1.82) is 5.26 Å². The maximum absolute atomic E-state index is 14.3. The molecule has 3 aliphatic heterocycles. The molecule has 1 saturated carbocycles. The average molecular weight is 438 g/mol. The minimum Gasteiger partial charge on any atom is -0.381 e. The van der Waals surface area contributed by atoms with E-state index in [0.29, 0.717) is 41.6 Å². The first-order chi connectivity index (χ1) is 14.8. The highest BCUT2D eigenvalue weighted by molar-refractivity contribution is 7.80. The van der Waals surface area contributed by atoms with Gasteiger partial charge >= 0.3 is 0 Å². The second kappa shape index (κ2) is 6.06. The Morgan fingerprint density at radius 3 is 2.87 bits per heavy atom. The van der Waals surface area contributed by atoms with Crippen LogP contribution in [-0.2, 0) is 26.2 Å². The summed E-state index contributed by atoms with van der Waals surface area (Å²) in [6.45, 7) is 5.52. The molecule has 5 aliphatic rings. The smallest absolute Gasteiger partial charge is 0.259 e. The fourth-order valence-corrected chi connectivity index (χ4v) is 8.05. The van der Waals surface area contributed by atoms with Crippen LogP contribution in [0.15, 0.2) is 18.2 Å².